The van der Waals surface area contributed by atoms with Gasteiger partial charge < -0.3 is 10.8 Å². The Balaban J connectivity index is 0. The predicted molar refractivity (Wildman–Crippen MR) is 51.0 cm³/mol. The van der Waals surface area contributed by atoms with Gasteiger partial charge in [0.15, 0.2) is 0 Å². The van der Waals surface area contributed by atoms with Crippen molar-refractivity contribution in [1.82, 2.24) is 0 Å². The van der Waals surface area contributed by atoms with Gasteiger partial charge in [-0.1, -0.05) is 26.8 Å². The van der Waals surface area contributed by atoms with Crippen molar-refractivity contribution in [2.45, 2.75) is 33.1 Å². The Morgan fingerprint density at radius 2 is 2.00 bits per heavy atom. The lowest BCUT2D eigenvalue weighted by Gasteiger charge is -1.87. The molecule has 0 spiro atoms. The molecule has 0 aliphatic heterocycles. The lowest BCUT2D eigenvalue weighted by Crippen LogP contribution is -1.95. The van der Waals surface area contributed by atoms with Crippen molar-refractivity contribution < 1.29 is 9.90 Å². The lowest BCUT2D eigenvalue weighted by molar-refractivity contribution is -0.132. The lowest BCUT2D eigenvalue weighted by atomic mass is 10.2. The molecule has 0 aliphatic rings. The van der Waals surface area contributed by atoms with E-state index in [-0.39, 0.29) is 5.57 Å². The van der Waals surface area contributed by atoms with E-state index in [9.17, 15) is 4.79 Å². The van der Waals surface area contributed by atoms with E-state index in [2.05, 4.69) is 13.5 Å². The highest BCUT2D eigenvalue weighted by molar-refractivity contribution is 5.85. The summed E-state index contributed by atoms with van der Waals surface area (Å²) in [4.78, 5) is 9.83. The Morgan fingerprint density at radius 3 is 2.00 bits per heavy atom. The highest BCUT2D eigenvalue weighted by Crippen LogP contribution is 1.93. The Labute approximate surface area is 74.3 Å². The summed E-state index contributed by atoms with van der Waals surface area (Å²) in [7, 11) is 0. The van der Waals surface area contributed by atoms with Gasteiger partial charge in [-0.25, -0.2) is 4.79 Å². The minimum atomic E-state index is -0.900. The molecule has 0 aromatic heterocycles. The summed E-state index contributed by atoms with van der Waals surface area (Å²) in [6.45, 7) is 8.01. The van der Waals surface area contributed by atoms with E-state index in [4.69, 9.17) is 10.8 Å². The fraction of sp³-hybridized carbons (Fsp3) is 0.667. The molecule has 0 atom stereocenters. The molecule has 0 radical (unpaired) electrons. The van der Waals surface area contributed by atoms with Crippen LogP contribution in [0.5, 0.6) is 0 Å². The summed E-state index contributed by atoms with van der Waals surface area (Å²) in [5.74, 6) is -0.900. The minimum Gasteiger partial charge on any atom is -0.478 e. The zero-order valence-electron chi connectivity index (χ0n) is 7.97. The van der Waals surface area contributed by atoms with Gasteiger partial charge in [-0.2, -0.15) is 0 Å². The van der Waals surface area contributed by atoms with Gasteiger partial charge in [0.25, 0.3) is 0 Å². The summed E-state index contributed by atoms with van der Waals surface area (Å²) in [5, 5.41) is 8.08. The average Bonchev–Trinajstić information content (AvgIpc) is 2.05. The molecule has 0 aliphatic carbocycles. The van der Waals surface area contributed by atoms with E-state index in [1.54, 1.807) is 6.92 Å². The average molecular weight is 173 g/mol. The molecule has 0 bridgehead atoms. The van der Waals surface area contributed by atoms with E-state index in [1.807, 2.05) is 0 Å². The standard InChI is InChI=1S/C5H8O2.C4H11N/c1-3-4(2)5(6)7;1-2-3-4-5/h2-3H2,1H3,(H,6,7);2-5H2,1H3. The van der Waals surface area contributed by atoms with Gasteiger partial charge >= 0.3 is 5.97 Å². The molecule has 3 nitrogen and oxygen atoms in total. The normalized spacial score (nSPS) is 8.25. The number of unbranched alkanes of at least 4 members (excludes halogenated alkanes) is 1. The van der Waals surface area contributed by atoms with Gasteiger partial charge in [-0.15, -0.1) is 0 Å². The van der Waals surface area contributed by atoms with Gasteiger partial charge in [0, 0.05) is 5.57 Å². The topological polar surface area (TPSA) is 63.3 Å². The van der Waals surface area contributed by atoms with Crippen LogP contribution in [0, 0.1) is 0 Å². The number of aliphatic carboxylic acids is 1. The smallest absolute Gasteiger partial charge is 0.330 e. The molecule has 72 valence electrons. The predicted octanol–water partition coefficient (Wildman–Crippen LogP) is 1.78. The van der Waals surface area contributed by atoms with Crippen molar-refractivity contribution in [3.8, 4) is 0 Å². The number of carbonyl (C=O) groups is 1. The number of rotatable bonds is 4. The molecule has 0 fully saturated rings. The number of hydrogen-bond acceptors (Lipinski definition) is 2. The molecule has 0 rings (SSSR count). The van der Waals surface area contributed by atoms with Crippen molar-refractivity contribution in [2.75, 3.05) is 6.54 Å². The van der Waals surface area contributed by atoms with Crippen LogP contribution < -0.4 is 5.73 Å². The van der Waals surface area contributed by atoms with Crippen molar-refractivity contribution in [3.63, 3.8) is 0 Å². The first kappa shape index (κ1) is 13.7. The molecule has 0 saturated heterocycles. The number of nitrogens with two attached hydrogens (primary N) is 1. The summed E-state index contributed by atoms with van der Waals surface area (Å²) in [6.07, 6.45) is 2.91. The van der Waals surface area contributed by atoms with E-state index >= 15 is 0 Å². The molecular formula is C9H19NO2. The maximum Gasteiger partial charge on any atom is 0.330 e. The number of carboxylic acids is 1. The van der Waals surface area contributed by atoms with Crippen LogP contribution in [0.4, 0.5) is 0 Å². The molecule has 12 heavy (non-hydrogen) atoms. The van der Waals surface area contributed by atoms with Gasteiger partial charge in [-0.05, 0) is 19.4 Å². The van der Waals surface area contributed by atoms with Crippen LogP contribution in [0.15, 0.2) is 12.2 Å². The van der Waals surface area contributed by atoms with Crippen LogP contribution in [0.3, 0.4) is 0 Å². The van der Waals surface area contributed by atoms with Crippen LogP contribution in [0.1, 0.15) is 33.1 Å². The Kier molecular flexibility index (Phi) is 11.6. The van der Waals surface area contributed by atoms with E-state index in [0.717, 1.165) is 6.54 Å². The van der Waals surface area contributed by atoms with E-state index in [0.29, 0.717) is 6.42 Å². The fourth-order valence-corrected chi connectivity index (χ4v) is 0.355. The zero-order chi connectivity index (χ0) is 9.98. The second-order valence-corrected chi connectivity index (χ2v) is 2.40. The molecule has 3 N–H and O–H groups in total. The second kappa shape index (κ2) is 10.2. The van der Waals surface area contributed by atoms with Crippen molar-refractivity contribution in [2.24, 2.45) is 5.73 Å². The van der Waals surface area contributed by atoms with E-state index in [1.165, 1.54) is 12.8 Å². The van der Waals surface area contributed by atoms with Crippen molar-refractivity contribution in [1.29, 1.82) is 0 Å². The zero-order valence-corrected chi connectivity index (χ0v) is 7.97. The summed E-state index contributed by atoms with van der Waals surface area (Å²) < 4.78 is 0. The third kappa shape index (κ3) is 11.9. The fourth-order valence-electron chi connectivity index (χ4n) is 0.355. The summed E-state index contributed by atoms with van der Waals surface area (Å²) >= 11 is 0. The number of hydrogen-bond donors (Lipinski definition) is 2. The molecule has 0 heterocycles. The van der Waals surface area contributed by atoms with Crippen LogP contribution in [-0.4, -0.2) is 17.6 Å². The van der Waals surface area contributed by atoms with Crippen molar-refractivity contribution >= 4 is 5.97 Å². The monoisotopic (exact) mass is 173 g/mol. The van der Waals surface area contributed by atoms with Gasteiger partial charge in [-0.3, -0.25) is 0 Å². The summed E-state index contributed by atoms with van der Waals surface area (Å²) in [5.41, 5.74) is 5.40. The third-order valence-electron chi connectivity index (χ3n) is 1.29. The maximum atomic E-state index is 9.83. The molecular weight excluding hydrogens is 154 g/mol. The Morgan fingerprint density at radius 1 is 1.50 bits per heavy atom. The van der Waals surface area contributed by atoms with Crippen LogP contribution in [-0.2, 0) is 4.79 Å². The summed E-state index contributed by atoms with van der Waals surface area (Å²) in [6, 6.07) is 0. The minimum absolute atomic E-state index is 0.264. The molecule has 0 amide bonds. The Hall–Kier alpha value is -0.830. The highest BCUT2D eigenvalue weighted by atomic mass is 16.4. The van der Waals surface area contributed by atoms with Gasteiger partial charge in [0.2, 0.25) is 0 Å². The Bertz CT molecular complexity index is 130. The first-order valence-corrected chi connectivity index (χ1v) is 4.21. The van der Waals surface area contributed by atoms with Crippen LogP contribution in [0.2, 0.25) is 0 Å². The van der Waals surface area contributed by atoms with Crippen LogP contribution in [0.25, 0.3) is 0 Å². The number of carboxylic acid groups (broad SMARTS) is 1. The molecule has 0 saturated carbocycles. The largest absolute Gasteiger partial charge is 0.478 e. The van der Waals surface area contributed by atoms with Gasteiger partial charge in [0.1, 0.15) is 0 Å². The first-order valence-electron chi connectivity index (χ1n) is 4.21. The highest BCUT2D eigenvalue weighted by Gasteiger charge is 1.96. The van der Waals surface area contributed by atoms with E-state index < -0.39 is 5.97 Å². The first-order chi connectivity index (χ1) is 5.59. The molecule has 3 heteroatoms. The molecule has 0 unspecified atom stereocenters. The maximum absolute atomic E-state index is 9.83. The second-order valence-electron chi connectivity index (χ2n) is 2.40. The van der Waals surface area contributed by atoms with Gasteiger partial charge in [0.05, 0.1) is 0 Å². The van der Waals surface area contributed by atoms with Crippen LogP contribution >= 0.6 is 0 Å². The third-order valence-corrected chi connectivity index (χ3v) is 1.29. The quantitative estimate of drug-likeness (QED) is 0.637. The van der Waals surface area contributed by atoms with Crippen molar-refractivity contribution in [3.05, 3.63) is 12.2 Å². The molecule has 0 aromatic carbocycles. The molecule has 0 aromatic rings. The SMILES string of the molecule is C=C(CC)C(=O)O.CCCCN.